The SMILES string of the molecule is CC(N)C(c1cccnc1)N(C)C1CCS(=O)(=O)C1. The van der Waals surface area contributed by atoms with Gasteiger partial charge in [-0.2, -0.15) is 0 Å². The van der Waals surface area contributed by atoms with E-state index in [2.05, 4.69) is 9.88 Å². The molecule has 3 unspecified atom stereocenters. The van der Waals surface area contributed by atoms with E-state index < -0.39 is 9.84 Å². The second-order valence-corrected chi connectivity index (χ2v) is 7.54. The first-order valence-corrected chi connectivity index (χ1v) is 8.31. The summed E-state index contributed by atoms with van der Waals surface area (Å²) in [6.07, 6.45) is 4.21. The Morgan fingerprint density at radius 3 is 2.74 bits per heavy atom. The summed E-state index contributed by atoms with van der Waals surface area (Å²) in [7, 11) is -0.929. The summed E-state index contributed by atoms with van der Waals surface area (Å²) in [5, 5.41) is 0. The van der Waals surface area contributed by atoms with E-state index in [0.29, 0.717) is 6.42 Å². The smallest absolute Gasteiger partial charge is 0.151 e. The highest BCUT2D eigenvalue weighted by molar-refractivity contribution is 7.91. The number of aromatic nitrogens is 1. The highest BCUT2D eigenvalue weighted by Gasteiger charge is 2.35. The Morgan fingerprint density at radius 2 is 2.26 bits per heavy atom. The third kappa shape index (κ3) is 3.32. The normalized spacial score (nSPS) is 25.4. The summed E-state index contributed by atoms with van der Waals surface area (Å²) in [5.41, 5.74) is 7.12. The van der Waals surface area contributed by atoms with Crippen LogP contribution < -0.4 is 5.73 Å². The molecule has 106 valence electrons. The van der Waals surface area contributed by atoms with E-state index in [4.69, 9.17) is 5.73 Å². The lowest BCUT2D eigenvalue weighted by atomic mass is 9.99. The number of nitrogens with zero attached hydrogens (tertiary/aromatic N) is 2. The zero-order valence-electron chi connectivity index (χ0n) is 11.4. The van der Waals surface area contributed by atoms with Crippen LogP contribution in [-0.2, 0) is 9.84 Å². The van der Waals surface area contributed by atoms with Crippen LogP contribution in [0.2, 0.25) is 0 Å². The van der Waals surface area contributed by atoms with Gasteiger partial charge in [-0.25, -0.2) is 8.42 Å². The van der Waals surface area contributed by atoms with Gasteiger partial charge in [0.25, 0.3) is 0 Å². The maximum atomic E-state index is 11.6. The van der Waals surface area contributed by atoms with Crippen molar-refractivity contribution in [3.63, 3.8) is 0 Å². The van der Waals surface area contributed by atoms with Crippen LogP contribution in [0.3, 0.4) is 0 Å². The average molecular weight is 283 g/mol. The fourth-order valence-corrected chi connectivity index (χ4v) is 4.57. The Balaban J connectivity index is 2.21. The molecule has 5 nitrogen and oxygen atoms in total. The predicted molar refractivity (Wildman–Crippen MR) is 75.4 cm³/mol. The van der Waals surface area contributed by atoms with Crippen LogP contribution in [0.25, 0.3) is 0 Å². The van der Waals surface area contributed by atoms with Crippen molar-refractivity contribution in [2.24, 2.45) is 5.73 Å². The summed E-state index contributed by atoms with van der Waals surface area (Å²) in [5.74, 6) is 0.508. The summed E-state index contributed by atoms with van der Waals surface area (Å²) in [4.78, 5) is 6.21. The van der Waals surface area contributed by atoms with Crippen molar-refractivity contribution in [3.05, 3.63) is 30.1 Å². The van der Waals surface area contributed by atoms with Crippen LogP contribution in [0.1, 0.15) is 24.9 Å². The standard InChI is InChI=1S/C13H21N3O2S/c1-10(14)13(11-4-3-6-15-8-11)16(2)12-5-7-19(17,18)9-12/h3-4,6,8,10,12-13H,5,7,9,14H2,1-2H3. The zero-order valence-corrected chi connectivity index (χ0v) is 12.2. The Kier molecular flexibility index (Phi) is 4.23. The van der Waals surface area contributed by atoms with E-state index in [-0.39, 0.29) is 29.6 Å². The maximum Gasteiger partial charge on any atom is 0.151 e. The predicted octanol–water partition coefficient (Wildman–Crippen LogP) is 0.589. The number of sulfone groups is 1. The van der Waals surface area contributed by atoms with Crippen molar-refractivity contribution in [2.75, 3.05) is 18.6 Å². The summed E-state index contributed by atoms with van der Waals surface area (Å²) < 4.78 is 23.2. The van der Waals surface area contributed by atoms with Crippen molar-refractivity contribution in [3.8, 4) is 0 Å². The molecule has 6 heteroatoms. The number of rotatable bonds is 4. The van der Waals surface area contributed by atoms with Gasteiger partial charge < -0.3 is 5.73 Å². The second-order valence-electron chi connectivity index (χ2n) is 5.31. The fourth-order valence-electron chi connectivity index (χ4n) is 2.78. The van der Waals surface area contributed by atoms with Gasteiger partial charge >= 0.3 is 0 Å². The zero-order chi connectivity index (χ0) is 14.0. The van der Waals surface area contributed by atoms with E-state index in [1.807, 2.05) is 26.1 Å². The van der Waals surface area contributed by atoms with Crippen LogP contribution in [0.4, 0.5) is 0 Å². The highest BCUT2D eigenvalue weighted by Crippen LogP contribution is 2.27. The molecule has 1 aromatic heterocycles. The molecule has 1 fully saturated rings. The molecule has 0 amide bonds. The molecule has 0 radical (unpaired) electrons. The third-order valence-electron chi connectivity index (χ3n) is 3.75. The summed E-state index contributed by atoms with van der Waals surface area (Å²) in [6, 6.07) is 3.82. The van der Waals surface area contributed by atoms with Crippen molar-refractivity contribution in [1.29, 1.82) is 0 Å². The lowest BCUT2D eigenvalue weighted by molar-refractivity contribution is 0.168. The lowest BCUT2D eigenvalue weighted by Crippen LogP contribution is -2.43. The topological polar surface area (TPSA) is 76.3 Å². The molecule has 0 saturated carbocycles. The Bertz CT molecular complexity index is 516. The van der Waals surface area contributed by atoms with Gasteiger partial charge in [0, 0.05) is 24.5 Å². The number of pyridine rings is 1. The number of hydrogen-bond donors (Lipinski definition) is 1. The van der Waals surface area contributed by atoms with Crippen LogP contribution >= 0.6 is 0 Å². The van der Waals surface area contributed by atoms with Gasteiger partial charge in [-0.1, -0.05) is 6.07 Å². The van der Waals surface area contributed by atoms with Gasteiger partial charge in [0.05, 0.1) is 17.5 Å². The first-order chi connectivity index (χ1) is 8.91. The highest BCUT2D eigenvalue weighted by atomic mass is 32.2. The van der Waals surface area contributed by atoms with E-state index in [1.165, 1.54) is 0 Å². The molecule has 0 aromatic carbocycles. The van der Waals surface area contributed by atoms with Crippen molar-refractivity contribution in [2.45, 2.75) is 31.5 Å². The second kappa shape index (κ2) is 5.56. The summed E-state index contributed by atoms with van der Waals surface area (Å²) in [6.45, 7) is 1.94. The molecule has 2 N–H and O–H groups in total. The molecule has 2 rings (SSSR count). The minimum absolute atomic E-state index is 0.00741. The van der Waals surface area contributed by atoms with Crippen LogP contribution in [-0.4, -0.2) is 48.9 Å². The Hall–Kier alpha value is -0.980. The monoisotopic (exact) mass is 283 g/mol. The van der Waals surface area contributed by atoms with E-state index in [9.17, 15) is 8.42 Å². The molecule has 0 bridgehead atoms. The molecule has 2 heterocycles. The number of hydrogen-bond acceptors (Lipinski definition) is 5. The number of likely N-dealkylation sites (N-methyl/N-ethyl adjacent to an activating group) is 1. The Labute approximate surface area is 114 Å². The van der Waals surface area contributed by atoms with Crippen LogP contribution in [0.5, 0.6) is 0 Å². The molecule has 3 atom stereocenters. The molecule has 1 aliphatic heterocycles. The molecule has 0 spiro atoms. The molecule has 19 heavy (non-hydrogen) atoms. The molecular formula is C13H21N3O2S. The van der Waals surface area contributed by atoms with E-state index in [1.54, 1.807) is 12.4 Å². The molecule has 1 aliphatic rings. The van der Waals surface area contributed by atoms with E-state index in [0.717, 1.165) is 5.56 Å². The quantitative estimate of drug-likeness (QED) is 0.875. The van der Waals surface area contributed by atoms with Gasteiger partial charge in [0.2, 0.25) is 0 Å². The van der Waals surface area contributed by atoms with Gasteiger partial charge in [-0.3, -0.25) is 9.88 Å². The van der Waals surface area contributed by atoms with Crippen LogP contribution in [0.15, 0.2) is 24.5 Å². The molecular weight excluding hydrogens is 262 g/mol. The Morgan fingerprint density at radius 1 is 1.53 bits per heavy atom. The third-order valence-corrected chi connectivity index (χ3v) is 5.50. The fraction of sp³-hybridized carbons (Fsp3) is 0.615. The number of nitrogens with two attached hydrogens (primary N) is 1. The average Bonchev–Trinajstić information content (AvgIpc) is 2.71. The molecule has 0 aliphatic carbocycles. The minimum Gasteiger partial charge on any atom is -0.326 e. The first kappa shape index (κ1) is 14.4. The minimum atomic E-state index is -2.88. The lowest BCUT2D eigenvalue weighted by Gasteiger charge is -2.35. The molecule has 1 saturated heterocycles. The first-order valence-electron chi connectivity index (χ1n) is 6.48. The van der Waals surface area contributed by atoms with Crippen LogP contribution in [0, 0.1) is 0 Å². The van der Waals surface area contributed by atoms with Gasteiger partial charge in [0.15, 0.2) is 9.84 Å². The van der Waals surface area contributed by atoms with Crippen molar-refractivity contribution >= 4 is 9.84 Å². The van der Waals surface area contributed by atoms with Crippen molar-refractivity contribution < 1.29 is 8.42 Å². The van der Waals surface area contributed by atoms with Crippen molar-refractivity contribution in [1.82, 2.24) is 9.88 Å². The van der Waals surface area contributed by atoms with E-state index >= 15 is 0 Å². The van der Waals surface area contributed by atoms with Gasteiger partial charge in [-0.05, 0) is 32.0 Å². The van der Waals surface area contributed by atoms with Gasteiger partial charge in [-0.15, -0.1) is 0 Å². The molecule has 1 aromatic rings. The summed E-state index contributed by atoms with van der Waals surface area (Å²) >= 11 is 0. The van der Waals surface area contributed by atoms with Gasteiger partial charge in [0.1, 0.15) is 0 Å². The maximum absolute atomic E-state index is 11.6. The largest absolute Gasteiger partial charge is 0.326 e.